The minimum absolute atomic E-state index is 0.0173. The van der Waals surface area contributed by atoms with Crippen LogP contribution >= 0.6 is 11.6 Å². The lowest BCUT2D eigenvalue weighted by Crippen LogP contribution is -2.35. The van der Waals surface area contributed by atoms with E-state index < -0.39 is 51.4 Å². The molecule has 0 aromatic heterocycles. The first-order chi connectivity index (χ1) is 21.9. The first-order valence-corrected chi connectivity index (χ1v) is 15.5. The standard InChI is InChI=1S/C34H37ClF3N3O5/c1-34(2)23-17-19(39)7-9-21(23)25(22-10-8-20(40)18-24(22)34)26-27(33(43)44)30(37)31(38)28(29(26)36)32(42)41-12-14-46-16-15-45-13-6-4-3-5-11-35/h7-10,17-18H,3-6,11-16,39-40H2,1-2H3,(H-,41,42,43,44). The Kier molecular flexibility index (Phi) is 11.5. The van der Waals surface area contributed by atoms with Gasteiger partial charge in [0, 0.05) is 41.5 Å². The van der Waals surface area contributed by atoms with Gasteiger partial charge in [0.2, 0.25) is 0 Å². The highest BCUT2D eigenvalue weighted by Gasteiger charge is 2.47. The van der Waals surface area contributed by atoms with Gasteiger partial charge in [0.1, 0.15) is 17.1 Å². The molecule has 0 aliphatic heterocycles. The number of nitrogen functional groups attached to an aromatic ring is 2. The van der Waals surface area contributed by atoms with Crippen molar-refractivity contribution in [2.75, 3.05) is 50.3 Å². The quantitative estimate of drug-likeness (QED) is 0.0697. The molecule has 46 heavy (non-hydrogen) atoms. The fourth-order valence-corrected chi connectivity index (χ4v) is 5.93. The molecule has 12 heteroatoms. The lowest BCUT2D eigenvalue weighted by atomic mass is 9.63. The van der Waals surface area contributed by atoms with Gasteiger partial charge >= 0.3 is 0 Å². The zero-order chi connectivity index (χ0) is 33.6. The Bertz CT molecular complexity index is 1550. The molecule has 0 bridgehead atoms. The number of amides is 1. The summed E-state index contributed by atoms with van der Waals surface area (Å²) in [5.74, 6) is -8.32. The van der Waals surface area contributed by atoms with E-state index in [4.69, 9.17) is 32.5 Å². The van der Waals surface area contributed by atoms with Crippen molar-refractivity contribution >= 4 is 34.9 Å². The van der Waals surface area contributed by atoms with Crippen molar-refractivity contribution in [3.63, 3.8) is 0 Å². The summed E-state index contributed by atoms with van der Waals surface area (Å²) >= 11 is 5.65. The molecule has 3 aromatic carbocycles. The van der Waals surface area contributed by atoms with Crippen LogP contribution < -0.4 is 21.9 Å². The van der Waals surface area contributed by atoms with Gasteiger partial charge in [0.05, 0.1) is 47.8 Å². The molecule has 1 aliphatic carbocycles. The maximum atomic E-state index is 16.5. The van der Waals surface area contributed by atoms with E-state index in [1.54, 1.807) is 24.3 Å². The number of halogens is 4. The van der Waals surface area contributed by atoms with Crippen LogP contribution in [0.1, 0.15) is 88.1 Å². The topological polar surface area (TPSA) is 140 Å². The zero-order valence-corrected chi connectivity index (χ0v) is 26.5. The van der Waals surface area contributed by atoms with E-state index in [1.807, 2.05) is 13.8 Å². The Morgan fingerprint density at radius 1 is 0.826 bits per heavy atom. The molecule has 0 atom stereocenters. The van der Waals surface area contributed by atoms with Gasteiger partial charge in [-0.2, -0.15) is 8.78 Å². The molecule has 0 unspecified atom stereocenters. The summed E-state index contributed by atoms with van der Waals surface area (Å²) in [6, 6.07) is 9.41. The van der Waals surface area contributed by atoms with Crippen LogP contribution in [0.25, 0.3) is 0 Å². The third kappa shape index (κ3) is 7.22. The Morgan fingerprint density at radius 3 is 1.93 bits per heavy atom. The van der Waals surface area contributed by atoms with Gasteiger partial charge in [-0.05, 0) is 63.1 Å². The van der Waals surface area contributed by atoms with Crippen LogP contribution in [-0.4, -0.2) is 50.7 Å². The highest BCUT2D eigenvalue weighted by atomic mass is 35.5. The van der Waals surface area contributed by atoms with Crippen molar-refractivity contribution in [2.24, 2.45) is 0 Å². The number of carbonyl (C=O) groups is 2. The number of anilines is 2. The zero-order valence-electron chi connectivity index (χ0n) is 25.7. The Balaban J connectivity index is 1.61. The second-order valence-electron chi connectivity index (χ2n) is 11.5. The summed E-state index contributed by atoms with van der Waals surface area (Å²) < 4.78 is 58.2. The molecule has 1 aliphatic rings. The second-order valence-corrected chi connectivity index (χ2v) is 11.9. The molecule has 4 rings (SSSR count). The van der Waals surface area contributed by atoms with Crippen molar-refractivity contribution in [3.8, 4) is 0 Å². The molecule has 3 aromatic rings. The van der Waals surface area contributed by atoms with E-state index >= 15 is 13.2 Å². The van der Waals surface area contributed by atoms with Crippen molar-refractivity contribution < 1.29 is 37.3 Å². The minimum Gasteiger partial charge on any atom is -0.538 e. The molecule has 0 fully saturated rings. The van der Waals surface area contributed by atoms with Crippen molar-refractivity contribution in [2.45, 2.75) is 44.9 Å². The summed E-state index contributed by atoms with van der Waals surface area (Å²) in [6.45, 7) is 4.69. The maximum Gasteiger partial charge on any atom is 0.263 e. The Morgan fingerprint density at radius 2 is 1.37 bits per heavy atom. The number of carboxylic acid groups (broad SMARTS) is 1. The van der Waals surface area contributed by atoms with Crippen molar-refractivity contribution in [3.05, 3.63) is 98.7 Å². The summed E-state index contributed by atoms with van der Waals surface area (Å²) in [5.41, 5.74) is 10.4. The molecule has 0 radical (unpaired) electrons. The van der Waals surface area contributed by atoms with Gasteiger partial charge in [-0.15, -0.1) is 11.6 Å². The van der Waals surface area contributed by atoms with E-state index in [1.165, 1.54) is 12.1 Å². The summed E-state index contributed by atoms with van der Waals surface area (Å²) in [7, 11) is 0. The van der Waals surface area contributed by atoms with Crippen molar-refractivity contribution in [1.82, 2.24) is 5.32 Å². The van der Waals surface area contributed by atoms with Gasteiger partial charge < -0.3 is 36.2 Å². The average molecular weight is 660 g/mol. The van der Waals surface area contributed by atoms with E-state index in [9.17, 15) is 14.7 Å². The van der Waals surface area contributed by atoms with Gasteiger partial charge in [0.15, 0.2) is 17.5 Å². The van der Waals surface area contributed by atoms with Crippen LogP contribution in [0.15, 0.2) is 36.4 Å². The van der Waals surface area contributed by atoms with Crippen LogP contribution in [-0.2, 0) is 14.9 Å². The van der Waals surface area contributed by atoms with Crippen LogP contribution in [0.5, 0.6) is 0 Å². The van der Waals surface area contributed by atoms with E-state index in [-0.39, 0.29) is 25.7 Å². The molecule has 0 spiro atoms. The lowest BCUT2D eigenvalue weighted by Gasteiger charge is -2.36. The SMILES string of the molecule is CC1(C)c2cc(N)ccc2[C+](c2c(F)c(C(=O)NCCOCCOCCCCCCCl)c(F)c(F)c2C(=O)[O-])c2ccc(N)cc21. The summed E-state index contributed by atoms with van der Waals surface area (Å²) in [5, 5.41) is 14.6. The number of fused-ring (bicyclic) bond motifs is 2. The van der Waals surface area contributed by atoms with Crippen LogP contribution in [0.3, 0.4) is 0 Å². The largest absolute Gasteiger partial charge is 0.538 e. The van der Waals surface area contributed by atoms with Gasteiger partial charge in [-0.25, -0.2) is 4.39 Å². The number of carboxylic acids is 1. The second kappa shape index (κ2) is 15.1. The monoisotopic (exact) mass is 659 g/mol. The number of alkyl halides is 1. The number of ether oxygens (including phenoxy) is 2. The third-order valence-electron chi connectivity index (χ3n) is 8.05. The van der Waals surface area contributed by atoms with Crippen molar-refractivity contribution in [1.29, 1.82) is 0 Å². The molecule has 0 heterocycles. The summed E-state index contributed by atoms with van der Waals surface area (Å²) in [4.78, 5) is 25.3. The number of hydrogen-bond donors (Lipinski definition) is 3. The lowest BCUT2D eigenvalue weighted by molar-refractivity contribution is -0.255. The predicted octanol–water partition coefficient (Wildman–Crippen LogP) is 4.85. The predicted molar refractivity (Wildman–Crippen MR) is 168 cm³/mol. The first kappa shape index (κ1) is 34.9. The maximum absolute atomic E-state index is 16.5. The molecular formula is C34H37ClF3N3O5. The first-order valence-electron chi connectivity index (χ1n) is 15.0. The van der Waals surface area contributed by atoms with E-state index in [0.717, 1.165) is 25.7 Å². The number of unbranched alkanes of at least 4 members (excludes halogenated alkanes) is 3. The fourth-order valence-electron chi connectivity index (χ4n) is 5.74. The number of nitrogens with two attached hydrogens (primary N) is 2. The molecule has 5 N–H and O–H groups in total. The normalized spacial score (nSPS) is 13.3. The number of benzene rings is 3. The van der Waals surface area contributed by atoms with Gasteiger partial charge in [0.25, 0.3) is 5.91 Å². The smallest absolute Gasteiger partial charge is 0.263 e. The average Bonchev–Trinajstić information content (AvgIpc) is 3.00. The van der Waals surface area contributed by atoms with Crippen LogP contribution in [0, 0.1) is 23.4 Å². The number of nitrogens with one attached hydrogen (secondary N) is 1. The molecule has 1 amide bonds. The molecule has 246 valence electrons. The Labute approximate surface area is 271 Å². The van der Waals surface area contributed by atoms with E-state index in [2.05, 4.69) is 5.32 Å². The third-order valence-corrected chi connectivity index (χ3v) is 8.32. The highest BCUT2D eigenvalue weighted by Crippen LogP contribution is 2.51. The molecule has 0 saturated carbocycles. The fraction of sp³-hybridized carbons (Fsp3) is 0.382. The van der Waals surface area contributed by atoms with Crippen LogP contribution in [0.2, 0.25) is 0 Å². The highest BCUT2D eigenvalue weighted by molar-refractivity contribution is 6.17. The Hall–Kier alpha value is -3.93. The van der Waals surface area contributed by atoms with Gasteiger partial charge in [-0.3, -0.25) is 4.79 Å². The number of aromatic carboxylic acids is 1. The molecule has 8 nitrogen and oxygen atoms in total. The minimum atomic E-state index is -2.16. The summed E-state index contributed by atoms with van der Waals surface area (Å²) in [6.07, 6.45) is 3.91. The number of hydrogen-bond acceptors (Lipinski definition) is 7. The van der Waals surface area contributed by atoms with Gasteiger partial charge in [-0.1, -0.05) is 12.8 Å². The number of rotatable bonds is 15. The van der Waals surface area contributed by atoms with Crippen LogP contribution in [0.4, 0.5) is 24.5 Å². The molecular weight excluding hydrogens is 623 g/mol. The van der Waals surface area contributed by atoms with E-state index in [0.29, 0.717) is 52.7 Å². The molecule has 0 saturated heterocycles. The number of carbonyl (C=O) groups excluding carboxylic acids is 2.